The molecule has 0 saturated carbocycles. The van der Waals surface area contributed by atoms with Crippen molar-refractivity contribution in [2.24, 2.45) is 0 Å². The van der Waals surface area contributed by atoms with Crippen LogP contribution in [-0.4, -0.2) is 35.7 Å². The second-order valence-electron chi connectivity index (χ2n) is 3.04. The number of carbonyl (C=O) groups is 2. The molecule has 5 heteroatoms. The zero-order chi connectivity index (χ0) is 9.07. The Kier molecular flexibility index (Phi) is 3.59. The topological polar surface area (TPSA) is 74.6 Å². The number of hydrogen-bond donors (Lipinski definition) is 2. The van der Waals surface area contributed by atoms with E-state index < -0.39 is 25.5 Å². The Morgan fingerprint density at radius 2 is 1.36 bits per heavy atom. The van der Waals surface area contributed by atoms with Gasteiger partial charge in [-0.05, 0) is 0 Å². The minimum atomic E-state index is -2.35. The molecule has 0 unspecified atom stereocenters. The van der Waals surface area contributed by atoms with Gasteiger partial charge in [-0.2, -0.15) is 0 Å². The molecule has 11 heavy (non-hydrogen) atoms. The van der Waals surface area contributed by atoms with Gasteiger partial charge in [-0.25, -0.2) is 0 Å². The van der Waals surface area contributed by atoms with Gasteiger partial charge < -0.3 is 0 Å². The number of carboxylic acid groups (broad SMARTS) is 2. The quantitative estimate of drug-likeness (QED) is 0.693. The van der Waals surface area contributed by atoms with Crippen LogP contribution in [0.25, 0.3) is 0 Å². The summed E-state index contributed by atoms with van der Waals surface area (Å²) in [5.41, 5.74) is 3.58. The number of rotatable bonds is 4. The van der Waals surface area contributed by atoms with Crippen LogP contribution in [0.4, 0.5) is 0 Å². The maximum absolute atomic E-state index is 10.2. The Morgan fingerprint density at radius 3 is 1.55 bits per heavy atom. The first-order valence-electron chi connectivity index (χ1n) is 3.09. The van der Waals surface area contributed by atoms with Gasteiger partial charge in [0.2, 0.25) is 0 Å². The molecule has 0 aliphatic carbocycles. The Morgan fingerprint density at radius 1 is 1.09 bits per heavy atom. The molecule has 4 nitrogen and oxygen atoms in total. The van der Waals surface area contributed by atoms with Crippen molar-refractivity contribution >= 4 is 25.5 Å². The summed E-state index contributed by atoms with van der Waals surface area (Å²) in [6, 6.07) is 0. The van der Waals surface area contributed by atoms with E-state index in [4.69, 9.17) is 10.2 Å². The summed E-state index contributed by atoms with van der Waals surface area (Å²) >= 11 is -2.35. The summed E-state index contributed by atoms with van der Waals surface area (Å²) in [5, 5.41) is 16.9. The van der Waals surface area contributed by atoms with Crippen molar-refractivity contribution in [2.75, 3.05) is 0 Å². The average Bonchev–Trinajstić information content (AvgIpc) is 1.53. The SMILES string of the molecule is C[As+](C)(CC(=O)O)CC(=O)O. The van der Waals surface area contributed by atoms with Crippen LogP contribution < -0.4 is 0 Å². The Labute approximate surface area is 67.7 Å². The van der Waals surface area contributed by atoms with Crippen LogP contribution in [0.3, 0.4) is 0 Å². The van der Waals surface area contributed by atoms with E-state index in [9.17, 15) is 9.59 Å². The van der Waals surface area contributed by atoms with E-state index in [0.29, 0.717) is 0 Å². The van der Waals surface area contributed by atoms with Crippen molar-refractivity contribution in [2.45, 2.75) is 21.8 Å². The normalized spacial score (nSPS) is 11.1. The van der Waals surface area contributed by atoms with Crippen LogP contribution in [-0.2, 0) is 9.59 Å². The van der Waals surface area contributed by atoms with Crippen LogP contribution in [0.1, 0.15) is 0 Å². The van der Waals surface area contributed by atoms with E-state index in [1.807, 2.05) is 0 Å². The molecule has 0 aliphatic heterocycles. The molecule has 0 aliphatic rings. The van der Waals surface area contributed by atoms with Crippen molar-refractivity contribution in [1.29, 1.82) is 0 Å². The molecule has 2 N–H and O–H groups in total. The van der Waals surface area contributed by atoms with E-state index in [1.54, 1.807) is 11.4 Å². The van der Waals surface area contributed by atoms with Gasteiger partial charge in [0, 0.05) is 0 Å². The first-order chi connectivity index (χ1) is 4.83. The molecule has 0 saturated heterocycles. The molecule has 0 radical (unpaired) electrons. The van der Waals surface area contributed by atoms with E-state index in [-0.39, 0.29) is 10.4 Å². The number of hydrogen-bond acceptors (Lipinski definition) is 2. The third-order valence-corrected chi connectivity index (χ3v) is 5.85. The van der Waals surface area contributed by atoms with E-state index in [1.165, 1.54) is 0 Å². The van der Waals surface area contributed by atoms with Crippen molar-refractivity contribution in [3.8, 4) is 0 Å². The molecule has 0 fully saturated rings. The fourth-order valence-corrected chi connectivity index (χ4v) is 4.10. The summed E-state index contributed by atoms with van der Waals surface area (Å²) in [6.07, 6.45) is 0. The first kappa shape index (κ1) is 10.5. The molecule has 0 spiro atoms. The zero-order valence-electron chi connectivity index (χ0n) is 6.57. The van der Waals surface area contributed by atoms with Crippen LogP contribution in [0.2, 0.25) is 21.8 Å². The molecule has 0 aromatic carbocycles. The zero-order valence-corrected chi connectivity index (χ0v) is 8.45. The summed E-state index contributed by atoms with van der Waals surface area (Å²) in [5.74, 6) is -1.77. The van der Waals surface area contributed by atoms with Gasteiger partial charge in [0.25, 0.3) is 0 Å². The predicted molar refractivity (Wildman–Crippen MR) is 42.4 cm³/mol. The van der Waals surface area contributed by atoms with Gasteiger partial charge in [0.05, 0.1) is 0 Å². The van der Waals surface area contributed by atoms with Gasteiger partial charge in [-0.3, -0.25) is 0 Å². The minimum absolute atomic E-state index is 0.0601. The molecule has 0 atom stereocenters. The predicted octanol–water partition coefficient (Wildman–Crippen LogP) is 0.864. The summed E-state index contributed by atoms with van der Waals surface area (Å²) in [6.45, 7) is 0. The second kappa shape index (κ2) is 3.76. The summed E-state index contributed by atoms with van der Waals surface area (Å²) in [7, 11) is 0. The van der Waals surface area contributed by atoms with Crippen molar-refractivity contribution in [3.63, 3.8) is 0 Å². The molecule has 0 bridgehead atoms. The molecular weight excluding hydrogens is 211 g/mol. The molecule has 0 aromatic heterocycles. The molecule has 64 valence electrons. The Balaban J connectivity index is 3.99. The van der Waals surface area contributed by atoms with Gasteiger partial charge >= 0.3 is 67.1 Å². The molecule has 0 aromatic rings. The van der Waals surface area contributed by atoms with Crippen LogP contribution in [0.15, 0.2) is 0 Å². The monoisotopic (exact) mass is 223 g/mol. The first-order valence-corrected chi connectivity index (χ1v) is 9.50. The van der Waals surface area contributed by atoms with Gasteiger partial charge in [0.1, 0.15) is 0 Å². The van der Waals surface area contributed by atoms with E-state index >= 15 is 0 Å². The van der Waals surface area contributed by atoms with Crippen LogP contribution >= 0.6 is 0 Å². The van der Waals surface area contributed by atoms with Crippen molar-refractivity contribution in [3.05, 3.63) is 0 Å². The molecular formula is C6H12AsO4+. The molecule has 0 amide bonds. The molecule has 0 heterocycles. The van der Waals surface area contributed by atoms with E-state index in [2.05, 4.69) is 0 Å². The standard InChI is InChI=1S/C6H11AsO4/c1-7(2,3-5(8)9)4-6(10)11/h3-4H2,1-2H3,(H-,8,9,10,11)/p+1. The molecule has 0 rings (SSSR count). The second-order valence-corrected chi connectivity index (χ2v) is 12.5. The van der Waals surface area contributed by atoms with Crippen molar-refractivity contribution < 1.29 is 19.8 Å². The fourth-order valence-electron chi connectivity index (χ4n) is 0.788. The van der Waals surface area contributed by atoms with Crippen LogP contribution in [0.5, 0.6) is 0 Å². The average molecular weight is 223 g/mol. The van der Waals surface area contributed by atoms with Crippen LogP contribution in [0, 0.1) is 0 Å². The van der Waals surface area contributed by atoms with E-state index in [0.717, 1.165) is 0 Å². The van der Waals surface area contributed by atoms with Gasteiger partial charge in [-0.15, -0.1) is 0 Å². The number of carboxylic acids is 2. The fraction of sp³-hybridized carbons (Fsp3) is 0.667. The van der Waals surface area contributed by atoms with Crippen molar-refractivity contribution in [1.82, 2.24) is 0 Å². The maximum atomic E-state index is 10.2. The Bertz CT molecular complexity index is 157. The number of aliphatic carboxylic acids is 2. The Hall–Kier alpha value is -0.502. The van der Waals surface area contributed by atoms with Gasteiger partial charge in [-0.1, -0.05) is 0 Å². The third kappa shape index (κ3) is 5.92. The summed E-state index contributed by atoms with van der Waals surface area (Å²) in [4.78, 5) is 20.5. The third-order valence-electron chi connectivity index (χ3n) is 1.13. The van der Waals surface area contributed by atoms with Gasteiger partial charge in [0.15, 0.2) is 0 Å². The summed E-state index contributed by atoms with van der Waals surface area (Å²) < 4.78 is 0.